The van der Waals surface area contributed by atoms with Gasteiger partial charge >= 0.3 is 0 Å². The van der Waals surface area contributed by atoms with Crippen LogP contribution in [0, 0.1) is 12.7 Å². The molecule has 3 aromatic heterocycles. The number of carbonyl (C=O) groups excluding carboxylic acids is 1. The van der Waals surface area contributed by atoms with E-state index in [1.54, 1.807) is 10.3 Å². The van der Waals surface area contributed by atoms with Gasteiger partial charge in [-0.05, 0) is 19.1 Å². The van der Waals surface area contributed by atoms with Crippen molar-refractivity contribution in [1.82, 2.24) is 19.3 Å². The van der Waals surface area contributed by atoms with Crippen molar-refractivity contribution in [2.75, 3.05) is 6.54 Å². The molecular weight excluding hydrogens is 331 g/mol. The average molecular weight is 344 g/mol. The van der Waals surface area contributed by atoms with E-state index in [1.165, 1.54) is 27.9 Å². The summed E-state index contributed by atoms with van der Waals surface area (Å²) in [4.78, 5) is 35.4. The Bertz CT molecular complexity index is 1030. The largest absolute Gasteiger partial charge is 0.332 e. The number of nitrogens with zero attached hydrogens (tertiary/aromatic N) is 4. The number of hydrogen-bond acceptors (Lipinski definition) is 5. The van der Waals surface area contributed by atoms with Crippen LogP contribution in [0.5, 0.6) is 0 Å². The zero-order chi connectivity index (χ0) is 16.8. The van der Waals surface area contributed by atoms with E-state index in [0.29, 0.717) is 35.6 Å². The second-order valence-electron chi connectivity index (χ2n) is 5.65. The Morgan fingerprint density at radius 2 is 2.17 bits per heavy atom. The highest BCUT2D eigenvalue weighted by Crippen LogP contribution is 2.18. The maximum atomic E-state index is 13.4. The molecule has 0 spiro atoms. The summed E-state index contributed by atoms with van der Waals surface area (Å²) < 4.78 is 14.6. The van der Waals surface area contributed by atoms with Gasteiger partial charge in [0.05, 0.1) is 22.8 Å². The summed E-state index contributed by atoms with van der Waals surface area (Å²) in [7, 11) is 0. The molecule has 0 radical (unpaired) electrons. The van der Waals surface area contributed by atoms with Crippen LogP contribution in [0.15, 0.2) is 28.5 Å². The molecule has 0 saturated carbocycles. The molecule has 1 amide bonds. The highest BCUT2D eigenvalue weighted by Gasteiger charge is 2.26. The van der Waals surface area contributed by atoms with Gasteiger partial charge in [0.15, 0.2) is 0 Å². The Kier molecular flexibility index (Phi) is 3.42. The lowest BCUT2D eigenvalue weighted by atomic mass is 10.1. The minimum absolute atomic E-state index is 0.163. The minimum Gasteiger partial charge on any atom is -0.332 e. The first-order valence-corrected chi connectivity index (χ1v) is 8.32. The maximum Gasteiger partial charge on any atom is 0.273 e. The van der Waals surface area contributed by atoms with E-state index in [4.69, 9.17) is 0 Å². The Labute approximate surface area is 140 Å². The molecule has 6 nitrogen and oxygen atoms in total. The number of thiazole rings is 1. The van der Waals surface area contributed by atoms with E-state index >= 15 is 0 Å². The molecule has 122 valence electrons. The predicted molar refractivity (Wildman–Crippen MR) is 86.7 cm³/mol. The van der Waals surface area contributed by atoms with Crippen LogP contribution >= 0.6 is 11.3 Å². The van der Waals surface area contributed by atoms with Crippen molar-refractivity contribution in [2.24, 2.45) is 0 Å². The molecule has 0 saturated heterocycles. The van der Waals surface area contributed by atoms with E-state index in [-0.39, 0.29) is 18.0 Å². The quantitative estimate of drug-likeness (QED) is 0.675. The number of carbonyl (C=O) groups is 1. The van der Waals surface area contributed by atoms with Gasteiger partial charge in [0, 0.05) is 24.5 Å². The number of amides is 1. The Balaban J connectivity index is 1.74. The molecule has 4 rings (SSSR count). The van der Waals surface area contributed by atoms with Crippen LogP contribution in [0.25, 0.3) is 5.65 Å². The zero-order valence-corrected chi connectivity index (χ0v) is 13.6. The molecule has 24 heavy (non-hydrogen) atoms. The standard InChI is InChI=1S/C16H13FN4O2S/c1-9-18-13(8-24-9)16(23)20-5-4-12-11(7-20)15(22)21-6-10(17)2-3-14(21)19-12/h2-3,6,8H,4-5,7H2,1H3. The van der Waals surface area contributed by atoms with Gasteiger partial charge in [0.2, 0.25) is 0 Å². The lowest BCUT2D eigenvalue weighted by molar-refractivity contribution is 0.0727. The van der Waals surface area contributed by atoms with Gasteiger partial charge in [-0.25, -0.2) is 14.4 Å². The Morgan fingerprint density at radius 3 is 2.92 bits per heavy atom. The molecule has 3 aromatic rings. The topological polar surface area (TPSA) is 67.6 Å². The summed E-state index contributed by atoms with van der Waals surface area (Å²) in [5, 5.41) is 2.53. The second kappa shape index (κ2) is 5.48. The molecular formula is C16H13FN4O2S. The van der Waals surface area contributed by atoms with E-state index in [1.807, 2.05) is 6.92 Å². The fourth-order valence-electron chi connectivity index (χ4n) is 2.87. The summed E-state index contributed by atoms with van der Waals surface area (Å²) in [6.07, 6.45) is 1.61. The van der Waals surface area contributed by atoms with Crippen molar-refractivity contribution in [3.05, 3.63) is 61.8 Å². The number of aryl methyl sites for hydroxylation is 1. The molecule has 0 N–H and O–H groups in total. The number of rotatable bonds is 1. The number of pyridine rings is 1. The van der Waals surface area contributed by atoms with Crippen LogP contribution < -0.4 is 5.56 Å². The first-order valence-electron chi connectivity index (χ1n) is 7.44. The van der Waals surface area contributed by atoms with Gasteiger partial charge in [0.1, 0.15) is 17.2 Å². The third kappa shape index (κ3) is 2.39. The second-order valence-corrected chi connectivity index (χ2v) is 6.71. The summed E-state index contributed by atoms with van der Waals surface area (Å²) in [5.41, 5.74) is 1.58. The molecule has 0 aromatic carbocycles. The van der Waals surface area contributed by atoms with Crippen LogP contribution in [-0.4, -0.2) is 31.7 Å². The highest BCUT2D eigenvalue weighted by atomic mass is 32.1. The minimum atomic E-state index is -0.506. The van der Waals surface area contributed by atoms with E-state index in [9.17, 15) is 14.0 Å². The van der Waals surface area contributed by atoms with E-state index in [0.717, 1.165) is 11.2 Å². The van der Waals surface area contributed by atoms with Crippen LogP contribution in [0.3, 0.4) is 0 Å². The molecule has 0 bridgehead atoms. The summed E-state index contributed by atoms with van der Waals surface area (Å²) in [5.74, 6) is -0.707. The fraction of sp³-hybridized carbons (Fsp3) is 0.250. The Hall–Kier alpha value is -2.61. The van der Waals surface area contributed by atoms with Crippen molar-refractivity contribution in [2.45, 2.75) is 19.9 Å². The Morgan fingerprint density at radius 1 is 1.33 bits per heavy atom. The van der Waals surface area contributed by atoms with Crippen molar-refractivity contribution in [1.29, 1.82) is 0 Å². The van der Waals surface area contributed by atoms with Gasteiger partial charge < -0.3 is 4.90 Å². The summed E-state index contributed by atoms with van der Waals surface area (Å²) >= 11 is 1.41. The number of hydrogen-bond donors (Lipinski definition) is 0. The van der Waals surface area contributed by atoms with Crippen LogP contribution in [0.2, 0.25) is 0 Å². The summed E-state index contributed by atoms with van der Waals surface area (Å²) in [6.45, 7) is 2.48. The van der Waals surface area contributed by atoms with E-state index < -0.39 is 5.82 Å². The normalized spacial score (nSPS) is 14.0. The number of halogens is 1. The van der Waals surface area contributed by atoms with Crippen LogP contribution in [0.1, 0.15) is 26.8 Å². The van der Waals surface area contributed by atoms with Gasteiger partial charge in [-0.2, -0.15) is 0 Å². The SMILES string of the molecule is Cc1nc(C(=O)N2CCc3nc4ccc(F)cn4c(=O)c3C2)cs1. The highest BCUT2D eigenvalue weighted by molar-refractivity contribution is 7.09. The molecule has 8 heteroatoms. The number of aromatic nitrogens is 3. The molecule has 1 aliphatic heterocycles. The molecule has 0 aliphatic carbocycles. The van der Waals surface area contributed by atoms with Crippen molar-refractivity contribution < 1.29 is 9.18 Å². The van der Waals surface area contributed by atoms with Gasteiger partial charge in [-0.1, -0.05) is 0 Å². The lowest BCUT2D eigenvalue weighted by Crippen LogP contribution is -2.40. The van der Waals surface area contributed by atoms with E-state index in [2.05, 4.69) is 9.97 Å². The maximum absolute atomic E-state index is 13.4. The lowest BCUT2D eigenvalue weighted by Gasteiger charge is -2.27. The molecule has 0 fully saturated rings. The molecule has 0 unspecified atom stereocenters. The first kappa shape index (κ1) is 14.9. The van der Waals surface area contributed by atoms with Crippen molar-refractivity contribution >= 4 is 22.9 Å². The summed E-state index contributed by atoms with van der Waals surface area (Å²) in [6, 6.07) is 2.75. The monoisotopic (exact) mass is 344 g/mol. The fourth-order valence-corrected chi connectivity index (χ4v) is 3.46. The third-order valence-corrected chi connectivity index (χ3v) is 4.83. The number of fused-ring (bicyclic) bond motifs is 2. The molecule has 4 heterocycles. The first-order chi connectivity index (χ1) is 11.5. The van der Waals surface area contributed by atoms with Crippen molar-refractivity contribution in [3.63, 3.8) is 0 Å². The van der Waals surface area contributed by atoms with Gasteiger partial charge in [0.25, 0.3) is 11.5 Å². The predicted octanol–water partition coefficient (Wildman–Crippen LogP) is 1.80. The zero-order valence-electron chi connectivity index (χ0n) is 12.8. The van der Waals surface area contributed by atoms with Gasteiger partial charge in [-0.3, -0.25) is 14.0 Å². The van der Waals surface area contributed by atoms with Crippen molar-refractivity contribution in [3.8, 4) is 0 Å². The third-order valence-electron chi connectivity index (χ3n) is 4.06. The average Bonchev–Trinajstić information content (AvgIpc) is 3.01. The smallest absolute Gasteiger partial charge is 0.273 e. The van der Waals surface area contributed by atoms with Crippen LogP contribution in [-0.2, 0) is 13.0 Å². The van der Waals surface area contributed by atoms with Gasteiger partial charge in [-0.15, -0.1) is 11.3 Å². The molecule has 0 atom stereocenters. The van der Waals surface area contributed by atoms with Crippen LogP contribution in [0.4, 0.5) is 4.39 Å². The molecule has 1 aliphatic rings.